The van der Waals surface area contributed by atoms with E-state index in [9.17, 15) is 22.8 Å². The summed E-state index contributed by atoms with van der Waals surface area (Å²) in [5.41, 5.74) is 0.822. The standard InChI is InChI=1S/C36H44N6O7S2/c1-21(2)29-20-50-33(39-29)28-17-31(26-13-10-23(48-3)15-27(26)38-28)49-24-16-30-32(43)40-36(34(44)41-51(46,47)25-11-12-25)18-22(36)9-7-5-4-6-8-14-37-35(45)42(30)19-24/h7,9-10,13,15,17,20-22,24-25,30H,4-6,8,11-12,14,16,18-19H2,1-3H3,(H,37,45)(H,40,43)(H,41,44)/b9-7+. The number of benzene rings is 1. The van der Waals surface area contributed by atoms with Crippen molar-refractivity contribution in [1.82, 2.24) is 30.2 Å². The van der Waals surface area contributed by atoms with Crippen LogP contribution in [0.15, 0.2) is 41.8 Å². The Labute approximate surface area is 301 Å². The number of fused-ring (bicyclic) bond motifs is 3. The highest BCUT2D eigenvalue weighted by atomic mass is 32.2. The van der Waals surface area contributed by atoms with Crippen molar-refractivity contribution in [2.24, 2.45) is 5.92 Å². The maximum Gasteiger partial charge on any atom is 0.318 e. The molecule has 4 unspecified atom stereocenters. The molecule has 3 aromatic rings. The molecule has 4 aliphatic rings. The van der Waals surface area contributed by atoms with Gasteiger partial charge in [-0.25, -0.2) is 23.2 Å². The van der Waals surface area contributed by atoms with Crippen LogP contribution in [-0.2, 0) is 19.6 Å². The molecular weight excluding hydrogens is 693 g/mol. The SMILES string of the molecule is COc1ccc2c(OC3CC4C(=O)NC5(C(=O)NS(=O)(=O)C6CC6)CC5/C=C/CCCCCNC(=O)N4C3)cc(-c3nc(C(C)C)cs3)nc2c1. The fourth-order valence-corrected chi connectivity index (χ4v) is 9.11. The van der Waals surface area contributed by atoms with E-state index in [2.05, 4.69) is 29.2 Å². The van der Waals surface area contributed by atoms with Crippen LogP contribution in [0, 0.1) is 5.92 Å². The van der Waals surface area contributed by atoms with E-state index in [0.717, 1.165) is 41.8 Å². The van der Waals surface area contributed by atoms with Crippen LogP contribution in [0.4, 0.5) is 4.79 Å². The third-order valence-electron chi connectivity index (χ3n) is 10.1. The lowest BCUT2D eigenvalue weighted by Gasteiger charge is -2.26. The second kappa shape index (κ2) is 14.1. The summed E-state index contributed by atoms with van der Waals surface area (Å²) >= 11 is 1.50. The Kier molecular flexibility index (Phi) is 9.69. The van der Waals surface area contributed by atoms with Crippen molar-refractivity contribution in [2.75, 3.05) is 20.2 Å². The molecule has 3 N–H and O–H groups in total. The predicted octanol–water partition coefficient (Wildman–Crippen LogP) is 4.64. The molecule has 0 bridgehead atoms. The lowest BCUT2D eigenvalue weighted by Crippen LogP contribution is -2.57. The summed E-state index contributed by atoms with van der Waals surface area (Å²) in [6.07, 6.45) is 8.10. The van der Waals surface area contributed by atoms with Crippen LogP contribution in [0.25, 0.3) is 21.6 Å². The van der Waals surface area contributed by atoms with Gasteiger partial charge in [0.2, 0.25) is 15.9 Å². The van der Waals surface area contributed by atoms with Gasteiger partial charge in [0, 0.05) is 41.8 Å². The van der Waals surface area contributed by atoms with Crippen molar-refractivity contribution in [2.45, 2.75) is 94.1 Å². The number of hydrogen-bond donors (Lipinski definition) is 3. The normalized spacial score (nSPS) is 26.3. The molecule has 0 radical (unpaired) electrons. The van der Waals surface area contributed by atoms with E-state index in [1.165, 1.54) is 16.2 Å². The number of nitrogens with one attached hydrogen (secondary N) is 3. The number of carbonyl (C=O) groups excluding carboxylic acids is 3. The molecule has 4 heterocycles. The third kappa shape index (κ3) is 7.41. The first-order valence-electron chi connectivity index (χ1n) is 17.7. The summed E-state index contributed by atoms with van der Waals surface area (Å²) in [4.78, 5) is 52.5. The Hall–Kier alpha value is -4.24. The predicted molar refractivity (Wildman–Crippen MR) is 193 cm³/mol. The molecule has 51 heavy (non-hydrogen) atoms. The maximum atomic E-state index is 14.1. The number of thiazole rings is 1. The van der Waals surface area contributed by atoms with E-state index in [1.54, 1.807) is 7.11 Å². The van der Waals surface area contributed by atoms with Gasteiger partial charge < -0.3 is 25.0 Å². The number of aromatic nitrogens is 2. The number of pyridine rings is 1. The molecule has 2 saturated carbocycles. The highest BCUT2D eigenvalue weighted by Gasteiger charge is 2.62. The Bertz CT molecular complexity index is 1980. The number of ether oxygens (including phenoxy) is 2. The third-order valence-corrected chi connectivity index (χ3v) is 12.8. The number of hydrogen-bond acceptors (Lipinski definition) is 10. The molecule has 15 heteroatoms. The Balaban J connectivity index is 1.18. The average molecular weight is 737 g/mol. The van der Waals surface area contributed by atoms with Gasteiger partial charge in [0.15, 0.2) is 0 Å². The molecule has 3 fully saturated rings. The van der Waals surface area contributed by atoms with Gasteiger partial charge >= 0.3 is 6.03 Å². The van der Waals surface area contributed by atoms with Crippen molar-refractivity contribution in [3.63, 3.8) is 0 Å². The molecule has 4 atom stereocenters. The maximum absolute atomic E-state index is 14.1. The first-order valence-corrected chi connectivity index (χ1v) is 20.1. The van der Waals surface area contributed by atoms with E-state index in [-0.39, 0.29) is 31.2 Å². The summed E-state index contributed by atoms with van der Waals surface area (Å²) in [5.74, 6) is -0.218. The summed E-state index contributed by atoms with van der Waals surface area (Å²) in [5, 5.41) is 8.77. The fraction of sp³-hybridized carbons (Fsp3) is 0.528. The lowest BCUT2D eigenvalue weighted by atomic mass is 10.1. The Morgan fingerprint density at radius 2 is 1.96 bits per heavy atom. The van der Waals surface area contributed by atoms with Gasteiger partial charge in [-0.3, -0.25) is 14.3 Å². The van der Waals surface area contributed by atoms with Crippen molar-refractivity contribution in [3.05, 3.63) is 47.5 Å². The lowest BCUT2D eigenvalue weighted by molar-refractivity contribution is -0.131. The molecule has 0 spiro atoms. The Morgan fingerprint density at radius 3 is 2.71 bits per heavy atom. The molecule has 2 aliphatic carbocycles. The van der Waals surface area contributed by atoms with Crippen molar-refractivity contribution >= 4 is 50.1 Å². The quantitative estimate of drug-likeness (QED) is 0.279. The molecule has 7 rings (SSSR count). The summed E-state index contributed by atoms with van der Waals surface area (Å²) < 4.78 is 39.9. The number of allylic oxidation sites excluding steroid dienone is 1. The minimum absolute atomic E-state index is 0.118. The number of urea groups is 1. The number of sulfonamides is 1. The van der Waals surface area contributed by atoms with Gasteiger partial charge in [-0.2, -0.15) is 0 Å². The second-order valence-corrected chi connectivity index (χ2v) is 17.0. The minimum atomic E-state index is -3.84. The van der Waals surface area contributed by atoms with Gasteiger partial charge in [0.1, 0.15) is 39.9 Å². The van der Waals surface area contributed by atoms with Gasteiger partial charge in [-0.15, -0.1) is 11.3 Å². The number of nitrogens with zero attached hydrogens (tertiary/aromatic N) is 3. The van der Waals surface area contributed by atoms with Gasteiger partial charge in [0.25, 0.3) is 5.91 Å². The van der Waals surface area contributed by atoms with Gasteiger partial charge in [-0.1, -0.05) is 32.4 Å². The fourth-order valence-electron chi connectivity index (χ4n) is 6.80. The van der Waals surface area contributed by atoms with Crippen LogP contribution in [0.2, 0.25) is 0 Å². The average Bonchev–Trinajstić information content (AvgIpc) is 3.97. The Morgan fingerprint density at radius 1 is 1.14 bits per heavy atom. The molecule has 4 amide bonds. The number of carbonyl (C=O) groups is 3. The molecule has 272 valence electrons. The van der Waals surface area contributed by atoms with E-state index in [0.29, 0.717) is 42.1 Å². The van der Waals surface area contributed by atoms with Crippen LogP contribution in [0.5, 0.6) is 11.5 Å². The van der Waals surface area contributed by atoms with Crippen molar-refractivity contribution in [1.29, 1.82) is 0 Å². The first-order chi connectivity index (χ1) is 24.5. The number of rotatable bonds is 8. The van der Waals surface area contributed by atoms with E-state index < -0.39 is 50.8 Å². The largest absolute Gasteiger partial charge is 0.497 e. The highest BCUT2D eigenvalue weighted by molar-refractivity contribution is 7.91. The van der Waals surface area contributed by atoms with Crippen LogP contribution >= 0.6 is 11.3 Å². The summed E-state index contributed by atoms with van der Waals surface area (Å²) in [6, 6.07) is 6.00. The molecule has 1 saturated heterocycles. The first kappa shape index (κ1) is 35.2. The smallest absolute Gasteiger partial charge is 0.318 e. The molecule has 13 nitrogen and oxygen atoms in total. The van der Waals surface area contributed by atoms with Crippen LogP contribution in [0.3, 0.4) is 0 Å². The monoisotopic (exact) mass is 736 g/mol. The summed E-state index contributed by atoms with van der Waals surface area (Å²) in [6.45, 7) is 4.74. The zero-order valence-corrected chi connectivity index (χ0v) is 30.6. The zero-order valence-electron chi connectivity index (χ0n) is 29.0. The van der Waals surface area contributed by atoms with E-state index >= 15 is 0 Å². The number of methoxy groups -OCH3 is 1. The zero-order chi connectivity index (χ0) is 35.9. The van der Waals surface area contributed by atoms with Crippen LogP contribution < -0.4 is 24.8 Å². The molecule has 2 aliphatic heterocycles. The molecule has 1 aromatic carbocycles. The van der Waals surface area contributed by atoms with Gasteiger partial charge in [-0.05, 0) is 56.6 Å². The summed E-state index contributed by atoms with van der Waals surface area (Å²) in [7, 11) is -2.24. The van der Waals surface area contributed by atoms with Crippen molar-refractivity contribution in [3.8, 4) is 22.2 Å². The highest BCUT2D eigenvalue weighted by Crippen LogP contribution is 2.46. The van der Waals surface area contributed by atoms with Gasteiger partial charge in [0.05, 0.1) is 30.1 Å². The molecule has 2 aromatic heterocycles. The van der Waals surface area contributed by atoms with E-state index in [1.807, 2.05) is 41.8 Å². The second-order valence-electron chi connectivity index (χ2n) is 14.2. The van der Waals surface area contributed by atoms with Crippen LogP contribution in [0.1, 0.15) is 76.8 Å². The van der Waals surface area contributed by atoms with Crippen LogP contribution in [-0.4, -0.2) is 84.3 Å². The van der Waals surface area contributed by atoms with E-state index in [4.69, 9.17) is 19.4 Å². The number of amides is 4. The minimum Gasteiger partial charge on any atom is -0.497 e. The molecular formula is C36H44N6O7S2. The van der Waals surface area contributed by atoms with Crippen molar-refractivity contribution < 1.29 is 32.3 Å². The topological polar surface area (TPSA) is 169 Å².